The minimum Gasteiger partial charge on any atom is -0.495 e. The molecule has 1 atom stereocenters. The molecule has 4 heteroatoms. The Kier molecular flexibility index (Phi) is 2.73. The van der Waals surface area contributed by atoms with Crippen LogP contribution in [0.4, 0.5) is 5.69 Å². The zero-order chi connectivity index (χ0) is 11.7. The Morgan fingerprint density at radius 2 is 2.38 bits per heavy atom. The van der Waals surface area contributed by atoms with Gasteiger partial charge in [0.15, 0.2) is 0 Å². The number of methoxy groups -OCH3 is 1. The number of carboxylic acids is 1. The van der Waals surface area contributed by atoms with E-state index in [9.17, 15) is 4.79 Å². The molecule has 0 saturated heterocycles. The Morgan fingerprint density at radius 3 is 3.00 bits per heavy atom. The second-order valence-corrected chi connectivity index (χ2v) is 4.11. The van der Waals surface area contributed by atoms with Gasteiger partial charge in [-0.15, -0.1) is 0 Å². The predicted octanol–water partition coefficient (Wildman–Crippen LogP) is 1.99. The number of hydrogen-bond donors (Lipinski definition) is 2. The highest BCUT2D eigenvalue weighted by Crippen LogP contribution is 2.40. The van der Waals surface area contributed by atoms with Crippen molar-refractivity contribution in [1.29, 1.82) is 0 Å². The molecule has 4 nitrogen and oxygen atoms in total. The predicted molar refractivity (Wildman–Crippen MR) is 61.2 cm³/mol. The molecule has 1 aromatic rings. The highest BCUT2D eigenvalue weighted by molar-refractivity contribution is 5.73. The second-order valence-electron chi connectivity index (χ2n) is 4.11. The maximum atomic E-state index is 10.7. The SMILES string of the molecule is COc1cc(C)cc2c1NCC2CC(=O)O. The summed E-state index contributed by atoms with van der Waals surface area (Å²) in [5.41, 5.74) is 3.09. The smallest absolute Gasteiger partial charge is 0.304 e. The van der Waals surface area contributed by atoms with E-state index in [0.717, 1.165) is 22.6 Å². The van der Waals surface area contributed by atoms with Gasteiger partial charge in [0.1, 0.15) is 5.75 Å². The van der Waals surface area contributed by atoms with Crippen molar-refractivity contribution in [3.63, 3.8) is 0 Å². The molecule has 1 aromatic carbocycles. The van der Waals surface area contributed by atoms with Crippen LogP contribution in [0.2, 0.25) is 0 Å². The third kappa shape index (κ3) is 1.83. The number of aliphatic carboxylic acids is 1. The third-order valence-corrected chi connectivity index (χ3v) is 2.88. The molecule has 16 heavy (non-hydrogen) atoms. The normalized spacial score (nSPS) is 17.8. The highest BCUT2D eigenvalue weighted by atomic mass is 16.5. The summed E-state index contributed by atoms with van der Waals surface area (Å²) < 4.78 is 5.28. The monoisotopic (exact) mass is 221 g/mol. The van der Waals surface area contributed by atoms with Crippen LogP contribution >= 0.6 is 0 Å². The lowest BCUT2D eigenvalue weighted by molar-refractivity contribution is -0.137. The molecule has 1 unspecified atom stereocenters. The van der Waals surface area contributed by atoms with Gasteiger partial charge in [-0.1, -0.05) is 6.07 Å². The lowest BCUT2D eigenvalue weighted by Crippen LogP contribution is -2.08. The minimum absolute atomic E-state index is 0.0429. The number of aryl methyl sites for hydroxylation is 1. The van der Waals surface area contributed by atoms with Crippen molar-refractivity contribution in [2.24, 2.45) is 0 Å². The first-order valence-corrected chi connectivity index (χ1v) is 5.26. The van der Waals surface area contributed by atoms with E-state index in [0.29, 0.717) is 6.54 Å². The van der Waals surface area contributed by atoms with Gasteiger partial charge in [-0.2, -0.15) is 0 Å². The largest absolute Gasteiger partial charge is 0.495 e. The minimum atomic E-state index is -0.764. The zero-order valence-corrected chi connectivity index (χ0v) is 9.41. The molecule has 1 aliphatic rings. The van der Waals surface area contributed by atoms with Crippen LogP contribution in [0.25, 0.3) is 0 Å². The van der Waals surface area contributed by atoms with Gasteiger partial charge in [-0.25, -0.2) is 0 Å². The van der Waals surface area contributed by atoms with E-state index in [1.165, 1.54) is 0 Å². The number of anilines is 1. The first-order valence-electron chi connectivity index (χ1n) is 5.26. The van der Waals surface area contributed by atoms with E-state index in [2.05, 4.69) is 5.32 Å². The van der Waals surface area contributed by atoms with E-state index in [-0.39, 0.29) is 12.3 Å². The lowest BCUT2D eigenvalue weighted by atomic mass is 9.96. The molecule has 1 aliphatic heterocycles. The van der Waals surface area contributed by atoms with E-state index < -0.39 is 5.97 Å². The summed E-state index contributed by atoms with van der Waals surface area (Å²) >= 11 is 0. The topological polar surface area (TPSA) is 58.6 Å². The van der Waals surface area contributed by atoms with E-state index in [4.69, 9.17) is 9.84 Å². The van der Waals surface area contributed by atoms with Crippen LogP contribution in [0.5, 0.6) is 5.75 Å². The van der Waals surface area contributed by atoms with Gasteiger partial charge in [0.05, 0.1) is 19.2 Å². The molecule has 0 amide bonds. The zero-order valence-electron chi connectivity index (χ0n) is 9.41. The van der Waals surface area contributed by atoms with Gasteiger partial charge in [-0.05, 0) is 24.1 Å². The molecule has 0 bridgehead atoms. The van der Waals surface area contributed by atoms with Crippen molar-refractivity contribution in [1.82, 2.24) is 0 Å². The van der Waals surface area contributed by atoms with Gasteiger partial charge in [-0.3, -0.25) is 4.79 Å². The number of ether oxygens (including phenoxy) is 1. The number of benzene rings is 1. The Labute approximate surface area is 94.2 Å². The standard InChI is InChI=1S/C12H15NO3/c1-7-3-9-8(5-11(14)15)6-13-12(9)10(4-7)16-2/h3-4,8,13H,5-6H2,1-2H3,(H,14,15). The fourth-order valence-electron chi connectivity index (χ4n) is 2.18. The summed E-state index contributed by atoms with van der Waals surface area (Å²) in [6, 6.07) is 3.99. The van der Waals surface area contributed by atoms with Crippen LogP contribution in [-0.2, 0) is 4.79 Å². The van der Waals surface area contributed by atoms with Crippen LogP contribution < -0.4 is 10.1 Å². The van der Waals surface area contributed by atoms with Crippen LogP contribution in [0.3, 0.4) is 0 Å². The summed E-state index contributed by atoms with van der Waals surface area (Å²) in [5.74, 6) is 0.0734. The molecule has 0 aromatic heterocycles. The summed E-state index contributed by atoms with van der Waals surface area (Å²) in [4.78, 5) is 10.7. The van der Waals surface area contributed by atoms with Crippen LogP contribution in [0, 0.1) is 6.92 Å². The fourth-order valence-corrected chi connectivity index (χ4v) is 2.18. The number of nitrogens with one attached hydrogen (secondary N) is 1. The second kappa shape index (κ2) is 4.04. The number of carboxylic acid groups (broad SMARTS) is 1. The Balaban J connectivity index is 2.38. The summed E-state index contributed by atoms with van der Waals surface area (Å²) in [5, 5.41) is 12.1. The van der Waals surface area contributed by atoms with Crippen LogP contribution in [0.1, 0.15) is 23.5 Å². The Bertz CT molecular complexity index is 429. The van der Waals surface area contributed by atoms with E-state index in [1.807, 2.05) is 19.1 Å². The number of hydrogen-bond acceptors (Lipinski definition) is 3. The summed E-state index contributed by atoms with van der Waals surface area (Å²) in [7, 11) is 1.63. The number of carbonyl (C=O) groups is 1. The van der Waals surface area contributed by atoms with Crippen molar-refractivity contribution in [2.45, 2.75) is 19.3 Å². The number of rotatable bonds is 3. The molecular weight excluding hydrogens is 206 g/mol. The molecule has 0 aliphatic carbocycles. The van der Waals surface area contributed by atoms with Crippen molar-refractivity contribution in [3.8, 4) is 5.75 Å². The van der Waals surface area contributed by atoms with Gasteiger partial charge < -0.3 is 15.2 Å². The Morgan fingerprint density at radius 1 is 1.62 bits per heavy atom. The molecule has 0 spiro atoms. The molecule has 1 heterocycles. The summed E-state index contributed by atoms with van der Waals surface area (Å²) in [6.07, 6.45) is 0.159. The van der Waals surface area contributed by atoms with Crippen LogP contribution in [-0.4, -0.2) is 24.7 Å². The molecule has 2 N–H and O–H groups in total. The van der Waals surface area contributed by atoms with Crippen molar-refractivity contribution in [2.75, 3.05) is 19.0 Å². The molecular formula is C12H15NO3. The molecule has 0 saturated carbocycles. The maximum Gasteiger partial charge on any atom is 0.304 e. The van der Waals surface area contributed by atoms with Gasteiger partial charge in [0.25, 0.3) is 0 Å². The van der Waals surface area contributed by atoms with Crippen LogP contribution in [0.15, 0.2) is 12.1 Å². The van der Waals surface area contributed by atoms with Gasteiger partial charge in [0, 0.05) is 12.5 Å². The van der Waals surface area contributed by atoms with Crippen molar-refractivity contribution < 1.29 is 14.6 Å². The molecule has 0 radical (unpaired) electrons. The first kappa shape index (κ1) is 10.8. The summed E-state index contributed by atoms with van der Waals surface area (Å²) in [6.45, 7) is 2.65. The molecule has 86 valence electrons. The van der Waals surface area contributed by atoms with Crippen molar-refractivity contribution in [3.05, 3.63) is 23.3 Å². The fraction of sp³-hybridized carbons (Fsp3) is 0.417. The van der Waals surface area contributed by atoms with Gasteiger partial charge >= 0.3 is 5.97 Å². The lowest BCUT2D eigenvalue weighted by Gasteiger charge is -2.10. The molecule has 2 rings (SSSR count). The van der Waals surface area contributed by atoms with E-state index in [1.54, 1.807) is 7.11 Å². The molecule has 0 fully saturated rings. The quantitative estimate of drug-likeness (QED) is 0.819. The average Bonchev–Trinajstić information content (AvgIpc) is 2.59. The van der Waals surface area contributed by atoms with Gasteiger partial charge in [0.2, 0.25) is 0 Å². The van der Waals surface area contributed by atoms with Crippen molar-refractivity contribution >= 4 is 11.7 Å². The van der Waals surface area contributed by atoms with E-state index >= 15 is 0 Å². The maximum absolute atomic E-state index is 10.7. The first-order chi connectivity index (χ1) is 7.61. The number of fused-ring (bicyclic) bond motifs is 1. The Hall–Kier alpha value is -1.71. The third-order valence-electron chi connectivity index (χ3n) is 2.88. The average molecular weight is 221 g/mol. The highest BCUT2D eigenvalue weighted by Gasteiger charge is 2.27.